The van der Waals surface area contributed by atoms with E-state index in [1.165, 1.54) is 34.2 Å². The van der Waals surface area contributed by atoms with Gasteiger partial charge in [0.1, 0.15) is 11.4 Å². The summed E-state index contributed by atoms with van der Waals surface area (Å²) < 4.78 is 1.26. The van der Waals surface area contributed by atoms with E-state index in [1.807, 2.05) is 13.8 Å². The Labute approximate surface area is 130 Å². The average Bonchev–Trinajstić information content (AvgIpc) is 2.75. The second kappa shape index (κ2) is 6.27. The van der Waals surface area contributed by atoms with Crippen molar-refractivity contribution >= 4 is 33.4 Å². The second-order valence-corrected chi connectivity index (χ2v) is 6.30. The van der Waals surface area contributed by atoms with Gasteiger partial charge in [-0.05, 0) is 19.4 Å². The fourth-order valence-electron chi connectivity index (χ4n) is 2.04. The highest BCUT2D eigenvalue weighted by molar-refractivity contribution is 7.18. The zero-order chi connectivity index (χ0) is 16.4. The van der Waals surface area contributed by atoms with Crippen LogP contribution in [0.25, 0.3) is 10.2 Å². The summed E-state index contributed by atoms with van der Waals surface area (Å²) in [6.07, 6.45) is 1.24. The third-order valence-electron chi connectivity index (χ3n) is 3.55. The van der Waals surface area contributed by atoms with E-state index in [1.54, 1.807) is 0 Å². The molecule has 0 aliphatic carbocycles. The summed E-state index contributed by atoms with van der Waals surface area (Å²) in [6.45, 7) is 3.75. The summed E-state index contributed by atoms with van der Waals surface area (Å²) >= 11 is 1.45. The highest BCUT2D eigenvalue weighted by atomic mass is 32.1. The summed E-state index contributed by atoms with van der Waals surface area (Å²) in [4.78, 5) is 42.3. The maximum atomic E-state index is 12.5. The number of hydrogen-bond acceptors (Lipinski definition) is 5. The molecule has 0 bridgehead atoms. The smallest absolute Gasteiger partial charge is 0.305 e. The predicted octanol–water partition coefficient (Wildman–Crippen LogP) is 1.01. The number of likely N-dealkylation sites (N-methyl/N-ethyl adjacent to an activating group) is 1. The lowest BCUT2D eigenvalue weighted by Crippen LogP contribution is -2.35. The standard InChI is InChI=1S/C14H17N3O4S/c1-8-9(2)22-13-12(8)14(21)17(7-15-13)6-10(18)16(3)5-4-11(19)20/h7H,4-6H2,1-3H3,(H,19,20). The molecular formula is C14H17N3O4S. The van der Waals surface area contributed by atoms with Crippen LogP contribution in [0.4, 0.5) is 0 Å². The number of fused-ring (bicyclic) bond motifs is 1. The molecular weight excluding hydrogens is 306 g/mol. The van der Waals surface area contributed by atoms with Crippen molar-refractivity contribution in [2.24, 2.45) is 0 Å². The molecule has 118 valence electrons. The van der Waals surface area contributed by atoms with E-state index in [0.29, 0.717) is 10.2 Å². The van der Waals surface area contributed by atoms with Gasteiger partial charge in [-0.15, -0.1) is 11.3 Å². The van der Waals surface area contributed by atoms with Gasteiger partial charge in [0, 0.05) is 18.5 Å². The number of thiophene rings is 1. The largest absolute Gasteiger partial charge is 0.481 e. The van der Waals surface area contributed by atoms with Crippen LogP contribution in [0.15, 0.2) is 11.1 Å². The van der Waals surface area contributed by atoms with Gasteiger partial charge in [0.25, 0.3) is 5.56 Å². The number of nitrogens with zero attached hydrogens (tertiary/aromatic N) is 3. The minimum atomic E-state index is -0.968. The number of aryl methyl sites for hydroxylation is 2. The summed E-state index contributed by atoms with van der Waals surface area (Å²) in [5.74, 6) is -1.29. The SMILES string of the molecule is Cc1sc2ncn(CC(=O)N(C)CCC(=O)O)c(=O)c2c1C. The topological polar surface area (TPSA) is 92.5 Å². The Morgan fingerprint density at radius 1 is 1.41 bits per heavy atom. The maximum absolute atomic E-state index is 12.5. The lowest BCUT2D eigenvalue weighted by molar-refractivity contribution is -0.138. The lowest BCUT2D eigenvalue weighted by atomic mass is 10.2. The lowest BCUT2D eigenvalue weighted by Gasteiger charge is -2.16. The molecule has 0 spiro atoms. The molecule has 0 fully saturated rings. The zero-order valence-electron chi connectivity index (χ0n) is 12.6. The van der Waals surface area contributed by atoms with Gasteiger partial charge in [-0.2, -0.15) is 0 Å². The third-order valence-corrected chi connectivity index (χ3v) is 4.66. The van der Waals surface area contributed by atoms with Crippen molar-refractivity contribution in [1.29, 1.82) is 0 Å². The first-order valence-corrected chi connectivity index (χ1v) is 7.53. The van der Waals surface area contributed by atoms with E-state index < -0.39 is 5.97 Å². The Morgan fingerprint density at radius 2 is 2.09 bits per heavy atom. The number of hydrogen-bond donors (Lipinski definition) is 1. The minimum Gasteiger partial charge on any atom is -0.481 e. The number of carboxylic acids is 1. The molecule has 0 aliphatic rings. The molecule has 0 radical (unpaired) electrons. The van der Waals surface area contributed by atoms with Crippen LogP contribution in [0.3, 0.4) is 0 Å². The van der Waals surface area contributed by atoms with Gasteiger partial charge in [0.05, 0.1) is 18.1 Å². The molecule has 0 saturated heterocycles. The van der Waals surface area contributed by atoms with Gasteiger partial charge in [-0.3, -0.25) is 19.0 Å². The average molecular weight is 323 g/mol. The van der Waals surface area contributed by atoms with Crippen molar-refractivity contribution in [2.45, 2.75) is 26.8 Å². The molecule has 0 unspecified atom stereocenters. The number of aliphatic carboxylic acids is 1. The number of amides is 1. The molecule has 0 aromatic carbocycles. The van der Waals surface area contributed by atoms with Gasteiger partial charge in [0.15, 0.2) is 0 Å². The van der Waals surface area contributed by atoms with Gasteiger partial charge in [-0.1, -0.05) is 0 Å². The highest BCUT2D eigenvalue weighted by Gasteiger charge is 2.15. The Morgan fingerprint density at radius 3 is 2.73 bits per heavy atom. The molecule has 8 heteroatoms. The summed E-state index contributed by atoms with van der Waals surface area (Å²) in [6, 6.07) is 0. The van der Waals surface area contributed by atoms with Crippen LogP contribution in [-0.2, 0) is 16.1 Å². The number of carbonyl (C=O) groups excluding carboxylic acids is 1. The molecule has 2 aromatic rings. The van der Waals surface area contributed by atoms with E-state index in [9.17, 15) is 14.4 Å². The molecule has 1 N–H and O–H groups in total. The third kappa shape index (κ3) is 3.16. The summed E-state index contributed by atoms with van der Waals surface area (Å²) in [5, 5.41) is 9.17. The second-order valence-electron chi connectivity index (χ2n) is 5.10. The van der Waals surface area contributed by atoms with E-state index in [-0.39, 0.29) is 31.0 Å². The molecule has 2 aromatic heterocycles. The fourth-order valence-corrected chi connectivity index (χ4v) is 3.02. The molecule has 0 aliphatic heterocycles. The highest BCUT2D eigenvalue weighted by Crippen LogP contribution is 2.25. The molecule has 0 atom stereocenters. The van der Waals surface area contributed by atoms with Crippen molar-refractivity contribution in [3.05, 3.63) is 27.1 Å². The van der Waals surface area contributed by atoms with Gasteiger partial charge >= 0.3 is 5.97 Å². The Kier molecular flexibility index (Phi) is 4.60. The Hall–Kier alpha value is -2.22. The maximum Gasteiger partial charge on any atom is 0.305 e. The van der Waals surface area contributed by atoms with Crippen LogP contribution in [0.2, 0.25) is 0 Å². The van der Waals surface area contributed by atoms with E-state index in [4.69, 9.17) is 5.11 Å². The van der Waals surface area contributed by atoms with Crippen LogP contribution in [-0.4, -0.2) is 45.0 Å². The molecule has 2 rings (SSSR count). The quantitative estimate of drug-likeness (QED) is 0.886. The molecule has 1 amide bonds. The van der Waals surface area contributed by atoms with Crippen molar-refractivity contribution in [3.8, 4) is 0 Å². The molecule has 2 heterocycles. The number of aromatic nitrogens is 2. The van der Waals surface area contributed by atoms with Gasteiger partial charge in [0.2, 0.25) is 5.91 Å². The van der Waals surface area contributed by atoms with Crippen LogP contribution in [0, 0.1) is 13.8 Å². The van der Waals surface area contributed by atoms with Crippen LogP contribution >= 0.6 is 11.3 Å². The van der Waals surface area contributed by atoms with Crippen molar-refractivity contribution in [3.63, 3.8) is 0 Å². The zero-order valence-corrected chi connectivity index (χ0v) is 13.4. The minimum absolute atomic E-state index is 0.106. The molecule has 7 nitrogen and oxygen atoms in total. The first-order valence-electron chi connectivity index (χ1n) is 6.72. The monoisotopic (exact) mass is 323 g/mol. The Bertz CT molecular complexity index is 793. The normalized spacial score (nSPS) is 10.9. The van der Waals surface area contributed by atoms with Crippen molar-refractivity contribution < 1.29 is 14.7 Å². The summed E-state index contributed by atoms with van der Waals surface area (Å²) in [5.41, 5.74) is 0.644. The van der Waals surface area contributed by atoms with E-state index in [2.05, 4.69) is 4.98 Å². The first kappa shape index (κ1) is 16.2. The first-order chi connectivity index (χ1) is 10.3. The van der Waals surface area contributed by atoms with Gasteiger partial charge < -0.3 is 10.0 Å². The number of carboxylic acid groups (broad SMARTS) is 1. The predicted molar refractivity (Wildman–Crippen MR) is 83.2 cm³/mol. The molecule has 0 saturated carbocycles. The number of rotatable bonds is 5. The van der Waals surface area contributed by atoms with Crippen LogP contribution in [0.1, 0.15) is 16.9 Å². The molecule has 22 heavy (non-hydrogen) atoms. The Balaban J connectivity index is 2.23. The van der Waals surface area contributed by atoms with E-state index in [0.717, 1.165) is 10.4 Å². The van der Waals surface area contributed by atoms with Crippen molar-refractivity contribution in [2.75, 3.05) is 13.6 Å². The van der Waals surface area contributed by atoms with Crippen LogP contribution in [0.5, 0.6) is 0 Å². The number of carbonyl (C=O) groups is 2. The van der Waals surface area contributed by atoms with Gasteiger partial charge in [-0.25, -0.2) is 4.98 Å². The summed E-state index contributed by atoms with van der Waals surface area (Å²) in [7, 11) is 1.52. The van der Waals surface area contributed by atoms with Crippen LogP contribution < -0.4 is 5.56 Å². The van der Waals surface area contributed by atoms with E-state index >= 15 is 0 Å². The van der Waals surface area contributed by atoms with Crippen molar-refractivity contribution in [1.82, 2.24) is 14.5 Å². The fraction of sp³-hybridized carbons (Fsp3) is 0.429.